The predicted molar refractivity (Wildman–Crippen MR) is 123 cm³/mol. The number of carbonyl (C=O) groups excluding carboxylic acids is 1. The van der Waals surface area contributed by atoms with Crippen LogP contribution in [0.1, 0.15) is 36.6 Å². The third-order valence-electron chi connectivity index (χ3n) is 5.08. The SMILES string of the molecule is CCOC(=O)C1=C(C)N=c2s/c(=C/c3ccc(C)cc3)c(=O)n2C1c1ccc(Cl)cc1. The zero-order valence-electron chi connectivity index (χ0n) is 17.4. The summed E-state index contributed by atoms with van der Waals surface area (Å²) in [5, 5.41) is 0.578. The van der Waals surface area contributed by atoms with Crippen LogP contribution < -0.4 is 14.9 Å². The lowest BCUT2D eigenvalue weighted by molar-refractivity contribution is -0.139. The number of benzene rings is 2. The van der Waals surface area contributed by atoms with Crippen LogP contribution in [0.4, 0.5) is 0 Å². The van der Waals surface area contributed by atoms with Gasteiger partial charge in [-0.1, -0.05) is 64.9 Å². The maximum Gasteiger partial charge on any atom is 0.338 e. The van der Waals surface area contributed by atoms with Crippen molar-refractivity contribution >= 4 is 35.0 Å². The van der Waals surface area contributed by atoms with E-state index in [9.17, 15) is 9.59 Å². The van der Waals surface area contributed by atoms with Gasteiger partial charge in [0, 0.05) is 5.02 Å². The van der Waals surface area contributed by atoms with Crippen LogP contribution in [-0.4, -0.2) is 17.1 Å². The van der Waals surface area contributed by atoms with Gasteiger partial charge in [0.1, 0.15) is 0 Å². The number of allylic oxidation sites excluding steroid dienone is 1. The Balaban J connectivity index is 1.94. The number of fused-ring (bicyclic) bond motifs is 1. The van der Waals surface area contributed by atoms with E-state index in [4.69, 9.17) is 16.3 Å². The van der Waals surface area contributed by atoms with Crippen LogP contribution in [0.3, 0.4) is 0 Å². The van der Waals surface area contributed by atoms with Crippen LogP contribution in [0.25, 0.3) is 6.08 Å². The van der Waals surface area contributed by atoms with E-state index in [1.807, 2.05) is 49.4 Å². The second kappa shape index (κ2) is 8.65. The molecule has 0 saturated heterocycles. The van der Waals surface area contributed by atoms with Crippen LogP contribution in [0.2, 0.25) is 5.02 Å². The van der Waals surface area contributed by atoms with Crippen LogP contribution >= 0.6 is 22.9 Å². The lowest BCUT2D eigenvalue weighted by atomic mass is 9.96. The van der Waals surface area contributed by atoms with Gasteiger partial charge in [0.2, 0.25) is 0 Å². The molecule has 2 heterocycles. The number of thiazole rings is 1. The maximum absolute atomic E-state index is 13.4. The van der Waals surface area contributed by atoms with Gasteiger partial charge in [-0.3, -0.25) is 9.36 Å². The van der Waals surface area contributed by atoms with E-state index in [-0.39, 0.29) is 12.2 Å². The number of aryl methyl sites for hydroxylation is 1. The Morgan fingerprint density at radius 3 is 2.48 bits per heavy atom. The summed E-state index contributed by atoms with van der Waals surface area (Å²) in [6, 6.07) is 14.5. The summed E-state index contributed by atoms with van der Waals surface area (Å²) in [4.78, 5) is 31.4. The monoisotopic (exact) mass is 452 g/mol. The smallest absolute Gasteiger partial charge is 0.338 e. The van der Waals surface area contributed by atoms with Crippen molar-refractivity contribution < 1.29 is 9.53 Å². The van der Waals surface area contributed by atoms with E-state index < -0.39 is 12.0 Å². The Bertz CT molecular complexity index is 1350. The van der Waals surface area contributed by atoms with Crippen molar-refractivity contribution in [2.75, 3.05) is 6.61 Å². The van der Waals surface area contributed by atoms with Gasteiger partial charge in [0.25, 0.3) is 5.56 Å². The summed E-state index contributed by atoms with van der Waals surface area (Å²) in [5.74, 6) is -0.475. The molecule has 1 aliphatic rings. The summed E-state index contributed by atoms with van der Waals surface area (Å²) >= 11 is 7.38. The Hall–Kier alpha value is -2.96. The molecule has 158 valence electrons. The summed E-state index contributed by atoms with van der Waals surface area (Å²) < 4.78 is 7.42. The first-order valence-electron chi connectivity index (χ1n) is 9.91. The van der Waals surface area contributed by atoms with Crippen LogP contribution in [-0.2, 0) is 9.53 Å². The van der Waals surface area contributed by atoms with Gasteiger partial charge in [0.15, 0.2) is 4.80 Å². The molecule has 0 radical (unpaired) electrons. The van der Waals surface area contributed by atoms with Crippen molar-refractivity contribution in [3.63, 3.8) is 0 Å². The molecule has 0 bridgehead atoms. The van der Waals surface area contributed by atoms with E-state index in [1.165, 1.54) is 11.3 Å². The number of nitrogens with zero attached hydrogens (tertiary/aromatic N) is 2. The molecule has 0 N–H and O–H groups in total. The number of rotatable bonds is 4. The first-order valence-corrected chi connectivity index (χ1v) is 11.1. The molecule has 0 saturated carbocycles. The van der Waals surface area contributed by atoms with E-state index in [2.05, 4.69) is 4.99 Å². The highest BCUT2D eigenvalue weighted by Gasteiger charge is 2.33. The lowest BCUT2D eigenvalue weighted by Gasteiger charge is -2.24. The molecule has 0 fully saturated rings. The average molecular weight is 453 g/mol. The molecular formula is C24H21ClN2O3S. The molecule has 1 atom stereocenters. The summed E-state index contributed by atoms with van der Waals surface area (Å²) in [5.41, 5.74) is 3.56. The van der Waals surface area contributed by atoms with Gasteiger partial charge in [-0.25, -0.2) is 9.79 Å². The minimum absolute atomic E-state index is 0.196. The van der Waals surface area contributed by atoms with Crippen molar-refractivity contribution in [1.82, 2.24) is 4.57 Å². The number of ether oxygens (including phenoxy) is 1. The number of hydrogen-bond acceptors (Lipinski definition) is 5. The molecule has 1 aliphatic heterocycles. The van der Waals surface area contributed by atoms with Crippen molar-refractivity contribution in [3.05, 3.63) is 101 Å². The second-order valence-corrected chi connectivity index (χ2v) is 8.71. The predicted octanol–water partition coefficient (Wildman–Crippen LogP) is 3.76. The average Bonchev–Trinajstić information content (AvgIpc) is 3.04. The van der Waals surface area contributed by atoms with Crippen molar-refractivity contribution in [3.8, 4) is 0 Å². The summed E-state index contributed by atoms with van der Waals surface area (Å²) in [6.45, 7) is 5.78. The fourth-order valence-corrected chi connectivity index (χ4v) is 4.74. The Morgan fingerprint density at radius 1 is 1.16 bits per heavy atom. The topological polar surface area (TPSA) is 60.7 Å². The summed E-state index contributed by atoms with van der Waals surface area (Å²) in [7, 11) is 0. The highest BCUT2D eigenvalue weighted by Crippen LogP contribution is 2.31. The van der Waals surface area contributed by atoms with Crippen LogP contribution in [0.15, 0.2) is 69.6 Å². The number of hydrogen-bond donors (Lipinski definition) is 0. The van der Waals surface area contributed by atoms with Crippen molar-refractivity contribution in [2.24, 2.45) is 4.99 Å². The van der Waals surface area contributed by atoms with Crippen molar-refractivity contribution in [2.45, 2.75) is 26.8 Å². The zero-order chi connectivity index (χ0) is 22.1. The Labute approximate surface area is 188 Å². The number of carbonyl (C=O) groups is 1. The molecule has 3 aromatic rings. The number of esters is 1. The van der Waals surface area contributed by atoms with E-state index >= 15 is 0 Å². The van der Waals surface area contributed by atoms with Gasteiger partial charge in [-0.15, -0.1) is 0 Å². The number of aromatic nitrogens is 1. The van der Waals surface area contributed by atoms with Crippen molar-refractivity contribution in [1.29, 1.82) is 0 Å². The highest BCUT2D eigenvalue weighted by atomic mass is 35.5. The van der Waals surface area contributed by atoms with Gasteiger partial charge in [-0.2, -0.15) is 0 Å². The molecule has 0 amide bonds. The molecule has 7 heteroatoms. The first-order chi connectivity index (χ1) is 14.9. The highest BCUT2D eigenvalue weighted by molar-refractivity contribution is 7.07. The van der Waals surface area contributed by atoms with Crippen LogP contribution in [0.5, 0.6) is 0 Å². The molecule has 0 aliphatic carbocycles. The number of halogens is 1. The summed E-state index contributed by atoms with van der Waals surface area (Å²) in [6.07, 6.45) is 1.85. The quantitative estimate of drug-likeness (QED) is 0.566. The molecule has 0 spiro atoms. The third kappa shape index (κ3) is 4.13. The normalized spacial score (nSPS) is 16.1. The minimum atomic E-state index is -0.632. The third-order valence-corrected chi connectivity index (χ3v) is 6.31. The van der Waals surface area contributed by atoms with Gasteiger partial charge >= 0.3 is 5.97 Å². The molecule has 2 aromatic carbocycles. The molecule has 4 rings (SSSR count). The molecule has 1 aromatic heterocycles. The van der Waals surface area contributed by atoms with Gasteiger partial charge < -0.3 is 4.74 Å². The first kappa shape index (κ1) is 21.3. The van der Waals surface area contributed by atoms with Crippen LogP contribution in [0, 0.1) is 6.92 Å². The molecule has 1 unspecified atom stereocenters. The van der Waals surface area contributed by atoms with Gasteiger partial charge in [0.05, 0.1) is 28.5 Å². The standard InChI is InChI=1S/C24H21ClN2O3S/c1-4-30-23(29)20-15(3)26-24-27(21(20)17-9-11-18(25)12-10-17)22(28)19(31-24)13-16-7-5-14(2)6-8-16/h5-13,21H,4H2,1-3H3/b19-13+. The van der Waals surface area contributed by atoms with Gasteiger partial charge in [-0.05, 0) is 50.1 Å². The van der Waals surface area contributed by atoms with E-state index in [1.54, 1.807) is 30.5 Å². The Kier molecular flexibility index (Phi) is 5.94. The molecular weight excluding hydrogens is 432 g/mol. The fourth-order valence-electron chi connectivity index (χ4n) is 3.57. The molecule has 5 nitrogen and oxygen atoms in total. The maximum atomic E-state index is 13.4. The molecule has 31 heavy (non-hydrogen) atoms. The minimum Gasteiger partial charge on any atom is -0.463 e. The second-order valence-electron chi connectivity index (χ2n) is 7.26. The van der Waals surface area contributed by atoms with E-state index in [0.717, 1.165) is 16.7 Å². The lowest BCUT2D eigenvalue weighted by Crippen LogP contribution is -2.39. The largest absolute Gasteiger partial charge is 0.463 e. The van der Waals surface area contributed by atoms with E-state index in [0.29, 0.717) is 25.6 Å². The zero-order valence-corrected chi connectivity index (χ0v) is 19.0. The Morgan fingerprint density at radius 2 is 1.84 bits per heavy atom. The fraction of sp³-hybridized carbons (Fsp3) is 0.208.